The zero-order chi connectivity index (χ0) is 11.7. The fourth-order valence-electron chi connectivity index (χ4n) is 1.48. The highest BCUT2D eigenvalue weighted by atomic mass is 35.5. The lowest BCUT2D eigenvalue weighted by atomic mass is 10.1. The lowest BCUT2D eigenvalue weighted by Crippen LogP contribution is -2.04. The molecule has 0 bridgehead atoms. The summed E-state index contributed by atoms with van der Waals surface area (Å²) in [4.78, 5) is 0. The van der Waals surface area contributed by atoms with Crippen molar-refractivity contribution in [2.24, 2.45) is 0 Å². The quantitative estimate of drug-likeness (QED) is 0.753. The van der Waals surface area contributed by atoms with Crippen molar-refractivity contribution in [2.75, 3.05) is 0 Å². The van der Waals surface area contributed by atoms with Crippen molar-refractivity contribution in [1.29, 1.82) is 0 Å². The van der Waals surface area contributed by atoms with Crippen molar-refractivity contribution >= 4 is 11.6 Å². The van der Waals surface area contributed by atoms with Crippen LogP contribution in [0.2, 0.25) is 0 Å². The summed E-state index contributed by atoms with van der Waals surface area (Å²) in [6.45, 7) is 5.99. The number of halogens is 1. The predicted octanol–water partition coefficient (Wildman–Crippen LogP) is 2.58. The van der Waals surface area contributed by atoms with Crippen molar-refractivity contribution in [3.63, 3.8) is 0 Å². The Labute approximate surface area is 99.2 Å². The minimum atomic E-state index is -0.211. The van der Waals surface area contributed by atoms with Gasteiger partial charge in [-0.25, -0.2) is 0 Å². The number of hydrogen-bond acceptors (Lipinski definition) is 3. The number of rotatable bonds is 2. The first kappa shape index (κ1) is 11.1. The molecule has 0 saturated carbocycles. The Morgan fingerprint density at radius 1 is 1.25 bits per heavy atom. The van der Waals surface area contributed by atoms with E-state index < -0.39 is 0 Å². The van der Waals surface area contributed by atoms with E-state index in [1.807, 2.05) is 13.0 Å². The van der Waals surface area contributed by atoms with E-state index in [0.29, 0.717) is 5.82 Å². The molecule has 0 amide bonds. The van der Waals surface area contributed by atoms with E-state index in [1.165, 1.54) is 11.1 Å². The van der Waals surface area contributed by atoms with Gasteiger partial charge in [0.2, 0.25) is 0 Å². The molecule has 0 aliphatic heterocycles. The fourth-order valence-corrected chi connectivity index (χ4v) is 1.62. The van der Waals surface area contributed by atoms with Gasteiger partial charge in [0.15, 0.2) is 5.82 Å². The van der Waals surface area contributed by atoms with E-state index in [1.54, 1.807) is 4.68 Å². The van der Waals surface area contributed by atoms with Crippen LogP contribution in [-0.4, -0.2) is 20.2 Å². The summed E-state index contributed by atoms with van der Waals surface area (Å²) in [5.41, 5.74) is 3.40. The maximum atomic E-state index is 6.01. The third-order valence-electron chi connectivity index (χ3n) is 2.58. The lowest BCUT2D eigenvalue weighted by Gasteiger charge is -2.07. The van der Waals surface area contributed by atoms with Crippen LogP contribution >= 0.6 is 11.6 Å². The minimum Gasteiger partial charge on any atom is -0.196 e. The second-order valence-electron chi connectivity index (χ2n) is 3.83. The molecule has 0 radical (unpaired) electrons. The van der Waals surface area contributed by atoms with E-state index in [-0.39, 0.29) is 5.38 Å². The molecular weight excluding hydrogens is 224 g/mol. The molecule has 0 spiro atoms. The Balaban J connectivity index is 2.50. The van der Waals surface area contributed by atoms with Gasteiger partial charge in [-0.3, -0.25) is 0 Å². The SMILES string of the molecule is Cc1ccc(-n2nnnc2C(C)Cl)cc1C. The van der Waals surface area contributed by atoms with Gasteiger partial charge in [-0.15, -0.1) is 16.7 Å². The molecule has 4 nitrogen and oxygen atoms in total. The van der Waals surface area contributed by atoms with Crippen LogP contribution in [0.25, 0.3) is 5.69 Å². The highest BCUT2D eigenvalue weighted by molar-refractivity contribution is 6.20. The van der Waals surface area contributed by atoms with E-state index >= 15 is 0 Å². The minimum absolute atomic E-state index is 0.211. The van der Waals surface area contributed by atoms with Crippen LogP contribution in [0, 0.1) is 13.8 Å². The first-order valence-corrected chi connectivity index (χ1v) is 5.53. The molecule has 0 saturated heterocycles. The standard InChI is InChI=1S/C11H13ClN4/c1-7-4-5-10(6-8(7)2)16-11(9(3)12)13-14-15-16/h4-6,9H,1-3H3. The van der Waals surface area contributed by atoms with Crippen molar-refractivity contribution in [3.05, 3.63) is 35.2 Å². The molecule has 1 aromatic heterocycles. The lowest BCUT2D eigenvalue weighted by molar-refractivity contribution is 0.760. The number of tetrazole rings is 1. The molecule has 16 heavy (non-hydrogen) atoms. The summed E-state index contributed by atoms with van der Waals surface area (Å²) < 4.78 is 1.67. The van der Waals surface area contributed by atoms with Crippen molar-refractivity contribution in [1.82, 2.24) is 20.2 Å². The number of alkyl halides is 1. The maximum absolute atomic E-state index is 6.01. The van der Waals surface area contributed by atoms with E-state index in [4.69, 9.17) is 11.6 Å². The number of aromatic nitrogens is 4. The normalized spacial score (nSPS) is 12.8. The molecule has 1 heterocycles. The molecule has 1 atom stereocenters. The summed E-state index contributed by atoms with van der Waals surface area (Å²) in [6.07, 6.45) is 0. The van der Waals surface area contributed by atoms with Crippen molar-refractivity contribution in [3.8, 4) is 5.69 Å². The maximum Gasteiger partial charge on any atom is 0.174 e. The molecule has 5 heteroatoms. The molecule has 84 valence electrons. The van der Waals surface area contributed by atoms with Crippen LogP contribution in [0.5, 0.6) is 0 Å². The topological polar surface area (TPSA) is 43.6 Å². The fraction of sp³-hybridized carbons (Fsp3) is 0.364. The number of aryl methyl sites for hydroxylation is 2. The van der Waals surface area contributed by atoms with Crippen LogP contribution in [0.3, 0.4) is 0 Å². The summed E-state index contributed by atoms with van der Waals surface area (Å²) in [6, 6.07) is 6.09. The molecule has 2 rings (SSSR count). The van der Waals surface area contributed by atoms with Crippen LogP contribution in [0.15, 0.2) is 18.2 Å². The summed E-state index contributed by atoms with van der Waals surface area (Å²) in [7, 11) is 0. The monoisotopic (exact) mass is 236 g/mol. The first-order chi connectivity index (χ1) is 7.59. The highest BCUT2D eigenvalue weighted by Crippen LogP contribution is 2.20. The van der Waals surface area contributed by atoms with Crippen LogP contribution in [-0.2, 0) is 0 Å². The smallest absolute Gasteiger partial charge is 0.174 e. The van der Waals surface area contributed by atoms with E-state index in [2.05, 4.69) is 41.5 Å². The second-order valence-corrected chi connectivity index (χ2v) is 4.49. The molecule has 0 fully saturated rings. The van der Waals surface area contributed by atoms with E-state index in [9.17, 15) is 0 Å². The highest BCUT2D eigenvalue weighted by Gasteiger charge is 2.13. The summed E-state index contributed by atoms with van der Waals surface area (Å²) in [5.74, 6) is 0.657. The molecule has 0 aliphatic rings. The zero-order valence-electron chi connectivity index (χ0n) is 9.48. The van der Waals surface area contributed by atoms with Crippen LogP contribution in [0.4, 0.5) is 0 Å². The third kappa shape index (κ3) is 1.93. The molecule has 2 aromatic rings. The van der Waals surface area contributed by atoms with E-state index in [0.717, 1.165) is 5.69 Å². The Kier molecular flexibility index (Phi) is 2.92. The number of hydrogen-bond donors (Lipinski definition) is 0. The van der Waals surface area contributed by atoms with Crippen molar-refractivity contribution < 1.29 is 0 Å². The van der Waals surface area contributed by atoms with Gasteiger partial charge >= 0.3 is 0 Å². The Morgan fingerprint density at radius 2 is 2.00 bits per heavy atom. The first-order valence-electron chi connectivity index (χ1n) is 5.09. The number of benzene rings is 1. The Hall–Kier alpha value is -1.42. The Bertz CT molecular complexity index is 504. The summed E-state index contributed by atoms with van der Waals surface area (Å²) in [5, 5.41) is 11.3. The average molecular weight is 237 g/mol. The zero-order valence-corrected chi connectivity index (χ0v) is 10.2. The molecule has 0 aliphatic carbocycles. The average Bonchev–Trinajstić information content (AvgIpc) is 2.71. The van der Waals surface area contributed by atoms with Gasteiger partial charge in [-0.05, 0) is 54.5 Å². The van der Waals surface area contributed by atoms with Gasteiger partial charge in [-0.2, -0.15) is 4.68 Å². The van der Waals surface area contributed by atoms with Gasteiger partial charge in [0.05, 0.1) is 11.1 Å². The van der Waals surface area contributed by atoms with Crippen LogP contribution in [0.1, 0.15) is 29.3 Å². The molecule has 1 unspecified atom stereocenters. The van der Waals surface area contributed by atoms with Gasteiger partial charge in [0.1, 0.15) is 0 Å². The van der Waals surface area contributed by atoms with Gasteiger partial charge in [0.25, 0.3) is 0 Å². The van der Waals surface area contributed by atoms with Crippen molar-refractivity contribution in [2.45, 2.75) is 26.1 Å². The Morgan fingerprint density at radius 3 is 2.62 bits per heavy atom. The molecular formula is C11H13ClN4. The number of nitrogens with zero attached hydrogens (tertiary/aromatic N) is 4. The molecule has 1 aromatic carbocycles. The van der Waals surface area contributed by atoms with Gasteiger partial charge < -0.3 is 0 Å². The predicted molar refractivity (Wildman–Crippen MR) is 62.9 cm³/mol. The largest absolute Gasteiger partial charge is 0.196 e. The molecule has 0 N–H and O–H groups in total. The van der Waals surface area contributed by atoms with Crippen LogP contribution < -0.4 is 0 Å². The summed E-state index contributed by atoms with van der Waals surface area (Å²) >= 11 is 6.01. The van der Waals surface area contributed by atoms with Gasteiger partial charge in [0, 0.05) is 0 Å². The third-order valence-corrected chi connectivity index (χ3v) is 2.78. The van der Waals surface area contributed by atoms with Gasteiger partial charge in [-0.1, -0.05) is 6.07 Å². The second kappa shape index (κ2) is 4.22.